The predicted molar refractivity (Wildman–Crippen MR) is 215 cm³/mol. The molecule has 0 aliphatic carbocycles. The van der Waals surface area contributed by atoms with Gasteiger partial charge in [-0.25, -0.2) is 4.57 Å². The van der Waals surface area contributed by atoms with Crippen LogP contribution in [0.15, 0.2) is 122 Å². The lowest BCUT2D eigenvalue weighted by molar-refractivity contribution is -0.161. The van der Waals surface area contributed by atoms with E-state index in [1.54, 1.807) is 0 Å². The molecule has 0 bridgehead atoms. The van der Waals surface area contributed by atoms with Gasteiger partial charge in [-0.05, 0) is 83.5 Å². The number of hydrogen-bond acceptors (Lipinski definition) is 6. The molecule has 0 amide bonds. The maximum Gasteiger partial charge on any atom is 0.469 e. The zero-order valence-corrected chi connectivity index (χ0v) is 32.5. The normalized spacial score (nSPS) is 13.8. The van der Waals surface area contributed by atoms with E-state index in [1.165, 1.54) is 0 Å². The Kier molecular flexibility index (Phi) is 34.7. The molecular weight excluding hydrogens is 675 g/mol. The molecule has 1 unspecified atom stereocenters. The van der Waals surface area contributed by atoms with Crippen molar-refractivity contribution in [2.75, 3.05) is 13.2 Å². The topological polar surface area (TPSA) is 119 Å². The van der Waals surface area contributed by atoms with Crippen LogP contribution >= 0.6 is 7.82 Å². The van der Waals surface area contributed by atoms with Gasteiger partial charge in [0.25, 0.3) is 0 Å². The van der Waals surface area contributed by atoms with Crippen LogP contribution in [0.25, 0.3) is 0 Å². The van der Waals surface area contributed by atoms with Crippen LogP contribution < -0.4 is 0 Å². The third-order valence-electron chi connectivity index (χ3n) is 7.07. The summed E-state index contributed by atoms with van der Waals surface area (Å²) in [4.78, 5) is 42.7. The average Bonchev–Trinajstić information content (AvgIpc) is 3.11. The lowest BCUT2D eigenvalue weighted by Gasteiger charge is -2.18. The summed E-state index contributed by atoms with van der Waals surface area (Å²) >= 11 is 0. The fourth-order valence-corrected chi connectivity index (χ4v) is 4.69. The third-order valence-corrected chi connectivity index (χ3v) is 7.56. The molecule has 0 heterocycles. The smallest absolute Gasteiger partial charge is 0.462 e. The minimum Gasteiger partial charge on any atom is -0.462 e. The lowest BCUT2D eigenvalue weighted by atomic mass is 10.1. The van der Waals surface area contributed by atoms with Gasteiger partial charge in [0.05, 0.1) is 6.61 Å². The largest absolute Gasteiger partial charge is 0.469 e. The molecule has 2 N–H and O–H groups in total. The van der Waals surface area contributed by atoms with Crippen LogP contribution in [0.3, 0.4) is 0 Å². The number of phosphoric acid groups is 1. The first kappa shape index (κ1) is 48.5. The molecule has 8 nitrogen and oxygen atoms in total. The molecule has 52 heavy (non-hydrogen) atoms. The van der Waals surface area contributed by atoms with Crippen molar-refractivity contribution in [2.45, 2.75) is 123 Å². The van der Waals surface area contributed by atoms with Crippen LogP contribution in [0.5, 0.6) is 0 Å². The summed E-state index contributed by atoms with van der Waals surface area (Å²) in [6.45, 7) is 3.32. The van der Waals surface area contributed by atoms with Crippen LogP contribution in [0, 0.1) is 0 Å². The highest BCUT2D eigenvalue weighted by Gasteiger charge is 2.22. The van der Waals surface area contributed by atoms with Gasteiger partial charge in [-0.1, -0.05) is 142 Å². The molecule has 1 atom stereocenters. The molecule has 0 spiro atoms. The van der Waals surface area contributed by atoms with Gasteiger partial charge < -0.3 is 19.3 Å². The van der Waals surface area contributed by atoms with Gasteiger partial charge in [-0.2, -0.15) is 0 Å². The SMILES string of the molecule is CC/C=C/C=C/C=C/C=C/CCCCCC(=O)OC(COC(=O)CCCC/C=C/C/C=C/C/C=C/C/C=C/C/C=C/C/C=C/CC)COP(=O)(O)O. The number of allylic oxidation sites excluding steroid dienone is 20. The first-order valence-electron chi connectivity index (χ1n) is 18.9. The number of rotatable bonds is 32. The maximum absolute atomic E-state index is 12.3. The Hall–Kier alpha value is -3.55. The second kappa shape index (κ2) is 37.2. The van der Waals surface area contributed by atoms with Crippen molar-refractivity contribution < 1.29 is 37.9 Å². The van der Waals surface area contributed by atoms with Crippen molar-refractivity contribution in [3.05, 3.63) is 122 Å². The first-order chi connectivity index (χ1) is 25.3. The lowest BCUT2D eigenvalue weighted by Crippen LogP contribution is -2.29. The highest BCUT2D eigenvalue weighted by atomic mass is 31.2. The van der Waals surface area contributed by atoms with E-state index >= 15 is 0 Å². The van der Waals surface area contributed by atoms with Crippen LogP contribution in [0.2, 0.25) is 0 Å². The maximum atomic E-state index is 12.3. The molecule has 0 aromatic heterocycles. The van der Waals surface area contributed by atoms with Crippen LogP contribution in [0.4, 0.5) is 0 Å². The summed E-state index contributed by atoms with van der Waals surface area (Å²) in [5.74, 6) is -0.999. The summed E-state index contributed by atoms with van der Waals surface area (Å²) in [7, 11) is -4.78. The number of ether oxygens (including phenoxy) is 2. The molecule has 9 heteroatoms. The van der Waals surface area contributed by atoms with E-state index in [-0.39, 0.29) is 19.4 Å². The fourth-order valence-electron chi connectivity index (χ4n) is 4.32. The molecule has 0 saturated heterocycles. The van der Waals surface area contributed by atoms with E-state index in [9.17, 15) is 14.2 Å². The fraction of sp³-hybridized carbons (Fsp3) is 0.488. The van der Waals surface area contributed by atoms with Crippen LogP contribution in [-0.2, 0) is 28.2 Å². The van der Waals surface area contributed by atoms with E-state index in [4.69, 9.17) is 19.3 Å². The standard InChI is InChI=1S/C43H65O8P/c1-3-5-7-9-11-13-15-17-18-19-20-21-22-23-24-26-27-29-31-33-35-37-42(44)49-39-41(40-50-52(46,47)48)51-43(45)38-36-34-32-30-28-25-16-14-12-10-8-6-4-2/h5-8,10-14,16-18,20-21,23-25,27-29,41H,3-4,9,15,19,22,26,30-40H2,1-2H3,(H2,46,47,48)/b7-5+,8-6+,12-10+,13-11+,16-14+,18-17+,21-20+,24-23+,28-25+,29-27+. The summed E-state index contributed by atoms with van der Waals surface area (Å²) in [5, 5.41) is 0. The Morgan fingerprint density at radius 1 is 0.519 bits per heavy atom. The number of carbonyl (C=O) groups excluding carboxylic acids is 2. The van der Waals surface area contributed by atoms with Gasteiger partial charge in [0.15, 0.2) is 6.10 Å². The number of phosphoric ester groups is 1. The zero-order valence-electron chi connectivity index (χ0n) is 31.6. The molecule has 0 aromatic carbocycles. The minimum absolute atomic E-state index is 0.147. The van der Waals surface area contributed by atoms with E-state index < -0.39 is 32.5 Å². The highest BCUT2D eigenvalue weighted by molar-refractivity contribution is 7.46. The molecular formula is C43H65O8P. The molecule has 0 aromatic rings. The summed E-state index contributed by atoms with van der Waals surface area (Å²) in [6.07, 6.45) is 53.5. The predicted octanol–water partition coefficient (Wildman–Crippen LogP) is 11.4. The molecule has 290 valence electrons. The Bertz CT molecular complexity index is 1240. The van der Waals surface area contributed by atoms with Gasteiger partial charge in [-0.15, -0.1) is 0 Å². The van der Waals surface area contributed by atoms with Crippen molar-refractivity contribution in [1.29, 1.82) is 0 Å². The highest BCUT2D eigenvalue weighted by Crippen LogP contribution is 2.35. The Labute approximate surface area is 314 Å². The molecule has 0 aliphatic rings. The van der Waals surface area contributed by atoms with E-state index in [0.29, 0.717) is 12.8 Å². The number of carbonyl (C=O) groups is 2. The van der Waals surface area contributed by atoms with Gasteiger partial charge in [0.2, 0.25) is 0 Å². The Morgan fingerprint density at radius 3 is 1.52 bits per heavy atom. The van der Waals surface area contributed by atoms with Crippen LogP contribution in [-0.4, -0.2) is 41.0 Å². The summed E-state index contributed by atoms with van der Waals surface area (Å²) in [5.41, 5.74) is 0. The number of hydrogen-bond donors (Lipinski definition) is 2. The van der Waals surface area contributed by atoms with Gasteiger partial charge in [0, 0.05) is 12.8 Å². The Balaban J connectivity index is 4.14. The van der Waals surface area contributed by atoms with Crippen molar-refractivity contribution in [2.24, 2.45) is 0 Å². The Morgan fingerprint density at radius 2 is 0.962 bits per heavy atom. The van der Waals surface area contributed by atoms with Gasteiger partial charge in [0.1, 0.15) is 6.61 Å². The molecule has 0 aliphatic heterocycles. The minimum atomic E-state index is -4.78. The number of unbranched alkanes of at least 4 members (excludes halogenated alkanes) is 5. The number of esters is 2. The van der Waals surface area contributed by atoms with E-state index in [0.717, 1.165) is 77.0 Å². The quantitative estimate of drug-likeness (QED) is 0.0230. The van der Waals surface area contributed by atoms with Crippen molar-refractivity contribution in [3.63, 3.8) is 0 Å². The molecule has 0 radical (unpaired) electrons. The molecule has 0 fully saturated rings. The average molecular weight is 741 g/mol. The summed E-state index contributed by atoms with van der Waals surface area (Å²) < 4.78 is 26.2. The third kappa shape index (κ3) is 39.2. The van der Waals surface area contributed by atoms with Gasteiger partial charge >= 0.3 is 19.8 Å². The van der Waals surface area contributed by atoms with Crippen molar-refractivity contribution in [1.82, 2.24) is 0 Å². The van der Waals surface area contributed by atoms with E-state index in [1.807, 2.05) is 36.5 Å². The molecule has 0 saturated carbocycles. The first-order valence-corrected chi connectivity index (χ1v) is 20.4. The second-order valence-corrected chi connectivity index (χ2v) is 13.1. The van der Waals surface area contributed by atoms with Crippen molar-refractivity contribution >= 4 is 19.8 Å². The van der Waals surface area contributed by atoms with Gasteiger partial charge in [-0.3, -0.25) is 14.1 Å². The van der Waals surface area contributed by atoms with Crippen molar-refractivity contribution in [3.8, 4) is 0 Å². The second-order valence-electron chi connectivity index (χ2n) is 11.9. The van der Waals surface area contributed by atoms with Crippen LogP contribution in [0.1, 0.15) is 117 Å². The summed E-state index contributed by atoms with van der Waals surface area (Å²) in [6, 6.07) is 0. The van der Waals surface area contributed by atoms with E-state index in [2.05, 4.69) is 103 Å². The molecule has 0 rings (SSSR count). The monoisotopic (exact) mass is 740 g/mol. The zero-order chi connectivity index (χ0) is 38.2.